The molecule has 23 N–H and O–H groups in total. The first-order valence-corrected chi connectivity index (χ1v) is 28.6. The van der Waals surface area contributed by atoms with Crippen LogP contribution < -0.4 is 21.3 Å². The van der Waals surface area contributed by atoms with Gasteiger partial charge < -0.3 is 180 Å². The average Bonchev–Trinajstić information content (AvgIpc) is 0.837. The van der Waals surface area contributed by atoms with E-state index >= 15 is 0 Å². The third-order valence-corrected chi connectivity index (χ3v) is 16.1. The predicted octanol–water partition coefficient (Wildman–Crippen LogP) is -15.7. The largest absolute Gasteiger partial charge is 0.394 e. The van der Waals surface area contributed by atoms with Gasteiger partial charge in [-0.2, -0.15) is 0 Å². The van der Waals surface area contributed by atoms with Crippen LogP contribution in [0, 0.1) is 0 Å². The van der Waals surface area contributed by atoms with Crippen molar-refractivity contribution in [1.82, 2.24) is 21.3 Å². The molecule has 40 heteroatoms. The van der Waals surface area contributed by atoms with Crippen LogP contribution in [0.2, 0.25) is 0 Å². The molecule has 7 fully saturated rings. The van der Waals surface area contributed by atoms with E-state index in [9.17, 15) is 116 Å². The van der Waals surface area contributed by atoms with Crippen molar-refractivity contribution in [2.75, 3.05) is 46.2 Å². The maximum Gasteiger partial charge on any atom is 0.217 e. The average molecular weight is 1320 g/mol. The fourth-order valence-electron chi connectivity index (χ4n) is 11.5. The van der Waals surface area contributed by atoms with Gasteiger partial charge in [-0.15, -0.1) is 0 Å². The van der Waals surface area contributed by atoms with E-state index in [0.29, 0.717) is 0 Å². The van der Waals surface area contributed by atoms with Crippen LogP contribution in [0.25, 0.3) is 0 Å². The fourth-order valence-corrected chi connectivity index (χ4v) is 11.5. The Hall–Kier alpha value is -3.40. The molecule has 7 saturated heterocycles. The number of nitrogens with one attached hydrogen (secondary N) is 4. The third-order valence-electron chi connectivity index (χ3n) is 16.1. The highest BCUT2D eigenvalue weighted by Gasteiger charge is 2.59. The van der Waals surface area contributed by atoms with E-state index < -0.39 is 285 Å². The van der Waals surface area contributed by atoms with Crippen LogP contribution in [0.4, 0.5) is 0 Å². The zero-order valence-corrected chi connectivity index (χ0v) is 48.6. The summed E-state index contributed by atoms with van der Waals surface area (Å²) in [6, 6.07) is -6.79. The Balaban J connectivity index is 1.17. The van der Waals surface area contributed by atoms with Gasteiger partial charge in [-0.05, 0) is 0 Å². The number of aliphatic hydroxyl groups excluding tert-OH is 19. The van der Waals surface area contributed by atoms with Gasteiger partial charge in [0.25, 0.3) is 0 Å². The molecule has 0 radical (unpaired) electrons. The van der Waals surface area contributed by atoms with Crippen LogP contribution in [0.15, 0.2) is 0 Å². The summed E-state index contributed by atoms with van der Waals surface area (Å²) in [6.07, 6.45) is -60.7. The molecule has 7 rings (SSSR count). The molecule has 520 valence electrons. The standard InChI is InChI=1S/C50H84N4O36/c1-12(61)51-23-32(70)39(19(8-58)79-44(23)77)86-46-25(53-14(3)63)34(72)41(21(10-60)83-46)88-49-38(76)42(89-48-37(75)35(73)28(66)17(6-56)81-48)30(68)22(85-49)11-78-50-43(36(74)29(67)18(7-57)82-50)90-47-26(54-15(4)64)33(71)40(20(9-59)84-47)87-45-24(52-13(2)62)31(69)27(65)16(5-55)80-45/h16-50,55-60,65-77H,5-11H2,1-4H3,(H,51,61)(H,52,62)(H,53,63)(H,54,64)/t16-,17-,18-,19-,20-,21-,22-,23-,24-,25-,26-,27+,28-,29-,30-,31-,32-,33-,34-,35+,36+,37+,38+,39-,40-,41-,42+,43+,44-,45+,46+,47+,48-,49+,50+/m1/s1. The molecule has 0 aromatic rings. The number of carbonyl (C=O) groups is 4. The molecule has 0 spiro atoms. The topological polar surface area (TPSA) is 621 Å². The maximum atomic E-state index is 12.8. The Morgan fingerprint density at radius 2 is 0.600 bits per heavy atom. The summed E-state index contributed by atoms with van der Waals surface area (Å²) >= 11 is 0. The second kappa shape index (κ2) is 32.4. The molecule has 7 aliphatic heterocycles. The number of hydrogen-bond acceptors (Lipinski definition) is 36. The minimum Gasteiger partial charge on any atom is -0.394 e. The highest BCUT2D eigenvalue weighted by molar-refractivity contribution is 5.74. The molecule has 0 aliphatic carbocycles. The van der Waals surface area contributed by atoms with E-state index in [1.165, 1.54) is 0 Å². The number of ether oxygens (including phenoxy) is 13. The van der Waals surface area contributed by atoms with Crippen molar-refractivity contribution in [3.63, 3.8) is 0 Å². The molecule has 0 unspecified atom stereocenters. The van der Waals surface area contributed by atoms with Gasteiger partial charge in [0.05, 0.1) is 46.2 Å². The number of hydrogen-bond donors (Lipinski definition) is 23. The molecule has 90 heavy (non-hydrogen) atoms. The van der Waals surface area contributed by atoms with Crippen LogP contribution in [0.3, 0.4) is 0 Å². The van der Waals surface area contributed by atoms with E-state index in [-0.39, 0.29) is 0 Å². The molecular weight excluding hydrogens is 1230 g/mol. The van der Waals surface area contributed by atoms with Crippen LogP contribution in [0.5, 0.6) is 0 Å². The number of amides is 4. The van der Waals surface area contributed by atoms with Crippen molar-refractivity contribution in [3.05, 3.63) is 0 Å². The molecule has 7 aliphatic rings. The molecule has 0 bridgehead atoms. The summed E-state index contributed by atoms with van der Waals surface area (Å²) in [5.74, 6) is -3.25. The monoisotopic (exact) mass is 1320 g/mol. The lowest BCUT2D eigenvalue weighted by Gasteiger charge is -2.50. The maximum absolute atomic E-state index is 12.8. The Labute approximate surface area is 510 Å². The summed E-state index contributed by atoms with van der Waals surface area (Å²) in [5.41, 5.74) is 0. The number of aliphatic hydroxyl groups is 19. The summed E-state index contributed by atoms with van der Waals surface area (Å²) < 4.78 is 76.2. The Bertz CT molecular complexity index is 2310. The number of rotatable bonds is 23. The smallest absolute Gasteiger partial charge is 0.217 e. The first kappa shape index (κ1) is 74.0. The highest BCUT2D eigenvalue weighted by atomic mass is 16.8. The molecule has 0 saturated carbocycles. The van der Waals surface area contributed by atoms with Crippen molar-refractivity contribution in [1.29, 1.82) is 0 Å². The van der Waals surface area contributed by atoms with Crippen LogP contribution in [-0.2, 0) is 80.8 Å². The van der Waals surface area contributed by atoms with Gasteiger partial charge in [-0.25, -0.2) is 0 Å². The zero-order valence-electron chi connectivity index (χ0n) is 48.6. The molecule has 35 atom stereocenters. The third kappa shape index (κ3) is 16.4. The molecule has 7 heterocycles. The minimum atomic E-state index is -2.35. The first-order valence-electron chi connectivity index (χ1n) is 28.6. The van der Waals surface area contributed by atoms with Crippen molar-refractivity contribution in [2.24, 2.45) is 0 Å². The van der Waals surface area contributed by atoms with E-state index in [1.807, 2.05) is 0 Å². The second-order valence-electron chi connectivity index (χ2n) is 22.5. The number of carbonyl (C=O) groups excluding carboxylic acids is 4. The van der Waals surface area contributed by atoms with E-state index in [2.05, 4.69) is 21.3 Å². The highest BCUT2D eigenvalue weighted by Crippen LogP contribution is 2.38. The van der Waals surface area contributed by atoms with E-state index in [0.717, 1.165) is 27.7 Å². The molecule has 0 aromatic carbocycles. The van der Waals surface area contributed by atoms with Crippen molar-refractivity contribution in [2.45, 2.75) is 242 Å². The summed E-state index contributed by atoms with van der Waals surface area (Å²) in [7, 11) is 0. The second-order valence-corrected chi connectivity index (χ2v) is 22.5. The van der Waals surface area contributed by atoms with Crippen molar-refractivity contribution in [3.8, 4) is 0 Å². The SMILES string of the molecule is CC(=O)N[C@@H]1[C@@H](O)[C@H](O[C@@H]2O[C@H](CO)[C@@H](O[C@@H]3O[C@H](CO[C@H]4O[C@H](CO)[C@@H](O)[C@H](O)[C@@H]4O[C@@H]4O[C@H](CO)[C@@H](O[C@@H]5O[C@H](CO)[C@H](O)[C@H](O)[C@H]5NC(C)=O)[C@H](O)[C@H]4NC(C)=O)[C@@H](O)[C@H](O[C@H]4O[C@H](CO)[C@@H](O)[C@H](O)[C@@H]4O)[C@@H]3O)[C@H](O)[C@H]2NC(C)=O)[C@@H](CO)O[C@H]1O. The molecule has 4 amide bonds. The van der Waals surface area contributed by atoms with Gasteiger partial charge in [0.1, 0.15) is 171 Å². The Morgan fingerprint density at radius 1 is 0.289 bits per heavy atom. The van der Waals surface area contributed by atoms with Gasteiger partial charge in [-0.1, -0.05) is 0 Å². The lowest BCUT2D eigenvalue weighted by atomic mass is 9.94. The Kier molecular flexibility index (Phi) is 26.6. The lowest BCUT2D eigenvalue weighted by Crippen LogP contribution is -2.70. The van der Waals surface area contributed by atoms with E-state index in [4.69, 9.17) is 61.6 Å². The van der Waals surface area contributed by atoms with Crippen LogP contribution >= 0.6 is 0 Å². The van der Waals surface area contributed by atoms with Crippen molar-refractivity contribution < 1.29 is 178 Å². The van der Waals surface area contributed by atoms with Gasteiger partial charge in [0, 0.05) is 27.7 Å². The quantitative estimate of drug-likeness (QED) is 0.0452. The lowest BCUT2D eigenvalue weighted by molar-refractivity contribution is -0.388. The minimum absolute atomic E-state index is 0.740. The summed E-state index contributed by atoms with van der Waals surface area (Å²) in [6.45, 7) is -2.98. The predicted molar refractivity (Wildman–Crippen MR) is 278 cm³/mol. The summed E-state index contributed by atoms with van der Waals surface area (Å²) in [5, 5.41) is 217. The van der Waals surface area contributed by atoms with Crippen LogP contribution in [0.1, 0.15) is 27.7 Å². The zero-order chi connectivity index (χ0) is 66.5. The molecular formula is C50H84N4O36. The van der Waals surface area contributed by atoms with Gasteiger partial charge in [0.2, 0.25) is 23.6 Å². The first-order chi connectivity index (χ1) is 42.5. The van der Waals surface area contributed by atoms with E-state index in [1.54, 1.807) is 0 Å². The molecule has 0 aromatic heterocycles. The normalized spacial score (nSPS) is 47.6. The van der Waals surface area contributed by atoms with Gasteiger partial charge in [-0.3, -0.25) is 19.2 Å². The summed E-state index contributed by atoms with van der Waals surface area (Å²) in [4.78, 5) is 49.6. The Morgan fingerprint density at radius 3 is 1.04 bits per heavy atom. The fraction of sp³-hybridized carbons (Fsp3) is 0.920. The molecule has 40 nitrogen and oxygen atoms in total. The van der Waals surface area contributed by atoms with Crippen molar-refractivity contribution >= 4 is 23.6 Å². The van der Waals surface area contributed by atoms with Gasteiger partial charge in [0.15, 0.2) is 44.0 Å². The van der Waals surface area contributed by atoms with Gasteiger partial charge >= 0.3 is 0 Å². The van der Waals surface area contributed by atoms with Crippen LogP contribution in [-0.4, -0.2) is 382 Å².